The molecule has 3 nitrogen and oxygen atoms in total. The highest BCUT2D eigenvalue weighted by Gasteiger charge is 2.26. The van der Waals surface area contributed by atoms with Crippen molar-refractivity contribution in [1.82, 2.24) is 0 Å². The van der Waals surface area contributed by atoms with Gasteiger partial charge in [-0.2, -0.15) is 0 Å². The second-order valence-electron chi connectivity index (χ2n) is 3.65. The Hall–Kier alpha value is -2.03. The van der Waals surface area contributed by atoms with Crippen LogP contribution in [0, 0.1) is 0 Å². The van der Waals surface area contributed by atoms with Crippen LogP contribution in [0.3, 0.4) is 0 Å². The van der Waals surface area contributed by atoms with Crippen LogP contribution in [0.2, 0.25) is 0 Å². The summed E-state index contributed by atoms with van der Waals surface area (Å²) in [5, 5.41) is 0. The fourth-order valence-corrected chi connectivity index (χ4v) is 2.01. The van der Waals surface area contributed by atoms with E-state index < -0.39 is 0 Å². The maximum absolute atomic E-state index is 5.68. The van der Waals surface area contributed by atoms with Crippen LogP contribution in [0.4, 0.5) is 0 Å². The summed E-state index contributed by atoms with van der Waals surface area (Å²) < 4.78 is 13.0. The van der Waals surface area contributed by atoms with Crippen molar-refractivity contribution in [3.8, 4) is 22.9 Å². The second-order valence-corrected chi connectivity index (χ2v) is 3.65. The molecule has 80 valence electrons. The molecule has 2 aromatic rings. The van der Waals surface area contributed by atoms with Crippen molar-refractivity contribution in [1.29, 1.82) is 0 Å². The third kappa shape index (κ3) is 1.25. The molecule has 0 amide bonds. The van der Waals surface area contributed by atoms with E-state index in [1.165, 1.54) is 0 Å². The summed E-state index contributed by atoms with van der Waals surface area (Å²) in [7, 11) is 1.67. The van der Waals surface area contributed by atoms with Gasteiger partial charge in [-0.3, -0.25) is 0 Å². The Labute approximate surface area is 93.9 Å². The highest BCUT2D eigenvalue weighted by molar-refractivity contribution is 5.65. The Morgan fingerprint density at radius 3 is 2.88 bits per heavy atom. The van der Waals surface area contributed by atoms with Gasteiger partial charge in [-0.25, -0.2) is 0 Å². The van der Waals surface area contributed by atoms with E-state index in [0.717, 1.165) is 22.9 Å². The van der Waals surface area contributed by atoms with E-state index in [-0.39, 0.29) is 0 Å². The summed E-state index contributed by atoms with van der Waals surface area (Å²) in [5.74, 6) is 1.74. The van der Waals surface area contributed by atoms with E-state index in [4.69, 9.17) is 9.47 Å². The smallest absolute Gasteiger partial charge is 0.371 e. The molecule has 3 heteroatoms. The summed E-state index contributed by atoms with van der Waals surface area (Å²) in [5.41, 5.74) is 2.23. The van der Waals surface area contributed by atoms with Gasteiger partial charge in [-0.1, -0.05) is 12.1 Å². The summed E-state index contributed by atoms with van der Waals surface area (Å²) in [4.78, 5) is 0. The highest BCUT2D eigenvalue weighted by Crippen LogP contribution is 2.31. The van der Waals surface area contributed by atoms with Crippen LogP contribution in [-0.4, -0.2) is 7.11 Å². The Bertz CT molecular complexity index is 537. The Balaban J connectivity index is 2.25. The Morgan fingerprint density at radius 1 is 1.12 bits per heavy atom. The molecular formula is C13H12NO2+. The number of ether oxygens (including phenoxy) is 2. The van der Waals surface area contributed by atoms with E-state index in [2.05, 4.69) is 12.1 Å². The topological polar surface area (TPSA) is 22.3 Å². The molecule has 0 unspecified atom stereocenters. The van der Waals surface area contributed by atoms with E-state index >= 15 is 0 Å². The summed E-state index contributed by atoms with van der Waals surface area (Å²) in [6.45, 7) is 0.496. The van der Waals surface area contributed by atoms with Gasteiger partial charge in [0.1, 0.15) is 5.75 Å². The number of hydrogen-bond acceptors (Lipinski definition) is 2. The first-order chi connectivity index (χ1) is 7.90. The van der Waals surface area contributed by atoms with Crippen LogP contribution in [0.5, 0.6) is 11.6 Å². The number of hydrogen-bond donors (Lipinski definition) is 0. The van der Waals surface area contributed by atoms with Crippen LogP contribution in [0.1, 0.15) is 0 Å². The van der Waals surface area contributed by atoms with Crippen LogP contribution >= 0.6 is 0 Å². The van der Waals surface area contributed by atoms with Crippen molar-refractivity contribution in [2.75, 3.05) is 7.11 Å². The van der Waals surface area contributed by atoms with Crippen molar-refractivity contribution in [2.45, 2.75) is 6.73 Å². The molecule has 0 radical (unpaired) electrons. The van der Waals surface area contributed by atoms with Crippen LogP contribution < -0.4 is 14.0 Å². The Morgan fingerprint density at radius 2 is 2.00 bits per heavy atom. The first-order valence-corrected chi connectivity index (χ1v) is 5.19. The lowest BCUT2D eigenvalue weighted by Gasteiger charge is -2.16. The van der Waals surface area contributed by atoms with Gasteiger partial charge in [0.2, 0.25) is 5.69 Å². The lowest BCUT2D eigenvalue weighted by molar-refractivity contribution is -0.721. The number of methoxy groups -OCH3 is 1. The van der Waals surface area contributed by atoms with Crippen molar-refractivity contribution in [3.05, 3.63) is 42.5 Å². The van der Waals surface area contributed by atoms with Crippen LogP contribution in [0.25, 0.3) is 11.3 Å². The molecule has 0 saturated carbocycles. The molecule has 0 bridgehead atoms. The van der Waals surface area contributed by atoms with Gasteiger partial charge in [-0.15, -0.1) is 4.57 Å². The number of para-hydroxylation sites is 1. The first kappa shape index (κ1) is 9.21. The summed E-state index contributed by atoms with van der Waals surface area (Å²) >= 11 is 0. The van der Waals surface area contributed by atoms with E-state index in [1.54, 1.807) is 7.11 Å². The fraction of sp³-hybridized carbons (Fsp3) is 0.154. The number of fused-ring (bicyclic) bond motifs is 3. The van der Waals surface area contributed by atoms with Crippen molar-refractivity contribution < 1.29 is 14.0 Å². The maximum Gasteiger partial charge on any atom is 0.371 e. The molecule has 0 aliphatic carbocycles. The van der Waals surface area contributed by atoms with E-state index in [9.17, 15) is 0 Å². The van der Waals surface area contributed by atoms with E-state index in [0.29, 0.717) is 6.73 Å². The molecule has 1 aliphatic heterocycles. The molecule has 2 heterocycles. The molecule has 1 aromatic heterocycles. The zero-order valence-corrected chi connectivity index (χ0v) is 9.01. The molecule has 3 rings (SSSR count). The van der Waals surface area contributed by atoms with Gasteiger partial charge in [-0.05, 0) is 18.2 Å². The molecule has 0 atom stereocenters. The quantitative estimate of drug-likeness (QED) is 0.677. The zero-order chi connectivity index (χ0) is 11.0. The number of pyridine rings is 1. The highest BCUT2D eigenvalue weighted by atomic mass is 16.5. The molecule has 0 saturated heterocycles. The van der Waals surface area contributed by atoms with Gasteiger partial charge < -0.3 is 9.47 Å². The first-order valence-electron chi connectivity index (χ1n) is 5.19. The van der Waals surface area contributed by atoms with Gasteiger partial charge in [0, 0.05) is 6.07 Å². The maximum atomic E-state index is 5.68. The SMILES string of the molecule is COc1cccc2[n+]1COc1ccccc1-2. The molecule has 16 heavy (non-hydrogen) atoms. The molecule has 0 fully saturated rings. The molecule has 0 N–H and O–H groups in total. The zero-order valence-electron chi connectivity index (χ0n) is 9.01. The number of aromatic nitrogens is 1. The third-order valence-electron chi connectivity index (χ3n) is 2.77. The summed E-state index contributed by atoms with van der Waals surface area (Å²) in [6.07, 6.45) is 0. The monoisotopic (exact) mass is 214 g/mol. The fourth-order valence-electron chi connectivity index (χ4n) is 2.01. The van der Waals surface area contributed by atoms with Crippen molar-refractivity contribution in [2.24, 2.45) is 0 Å². The lowest BCUT2D eigenvalue weighted by Crippen LogP contribution is -2.42. The van der Waals surface area contributed by atoms with Gasteiger partial charge in [0.25, 0.3) is 6.73 Å². The molecule has 0 spiro atoms. The van der Waals surface area contributed by atoms with Crippen molar-refractivity contribution >= 4 is 0 Å². The standard InChI is InChI=1S/C13H12NO2/c1-15-13-8-4-6-11-10-5-2-3-7-12(10)16-9-14(11)13/h2-8H,9H2,1H3/q+1. The predicted molar refractivity (Wildman–Crippen MR) is 59.3 cm³/mol. The minimum Gasteiger partial charge on any atom is -0.448 e. The second kappa shape index (κ2) is 3.52. The van der Waals surface area contributed by atoms with Crippen LogP contribution in [-0.2, 0) is 6.73 Å². The Kier molecular flexibility index (Phi) is 2.03. The molecule has 1 aliphatic rings. The van der Waals surface area contributed by atoms with E-state index in [1.807, 2.05) is 34.9 Å². The summed E-state index contributed by atoms with van der Waals surface area (Å²) in [6, 6.07) is 14.0. The largest absolute Gasteiger partial charge is 0.448 e. The number of nitrogens with zero attached hydrogens (tertiary/aromatic N) is 1. The number of benzene rings is 1. The van der Waals surface area contributed by atoms with Crippen LogP contribution in [0.15, 0.2) is 42.5 Å². The predicted octanol–water partition coefficient (Wildman–Crippen LogP) is 2.00. The molecule has 1 aromatic carbocycles. The average molecular weight is 214 g/mol. The van der Waals surface area contributed by atoms with Gasteiger partial charge in [0.05, 0.1) is 18.7 Å². The van der Waals surface area contributed by atoms with Crippen molar-refractivity contribution in [3.63, 3.8) is 0 Å². The molecular weight excluding hydrogens is 202 g/mol. The van der Waals surface area contributed by atoms with Gasteiger partial charge in [0.15, 0.2) is 0 Å². The number of rotatable bonds is 1. The third-order valence-corrected chi connectivity index (χ3v) is 2.77. The lowest BCUT2D eigenvalue weighted by atomic mass is 10.1. The van der Waals surface area contributed by atoms with Gasteiger partial charge >= 0.3 is 5.88 Å². The normalized spacial score (nSPS) is 12.3. The minimum atomic E-state index is 0.496. The average Bonchev–Trinajstić information content (AvgIpc) is 2.37. The minimum absolute atomic E-state index is 0.496.